The molecule has 0 radical (unpaired) electrons. The van der Waals surface area contributed by atoms with Gasteiger partial charge in [0.15, 0.2) is 0 Å². The molecule has 0 saturated heterocycles. The maximum atomic E-state index is 7.29. The molecule has 1 saturated carbocycles. The lowest BCUT2D eigenvalue weighted by molar-refractivity contribution is 0.128. The van der Waals surface area contributed by atoms with Gasteiger partial charge in [-0.2, -0.15) is 0 Å². The quantitative estimate of drug-likeness (QED) is 0.494. The summed E-state index contributed by atoms with van der Waals surface area (Å²) in [5.74, 6) is 0. The monoisotopic (exact) mass is 407 g/mol. The van der Waals surface area contributed by atoms with Gasteiger partial charge in [-0.15, -0.1) is 0 Å². The van der Waals surface area contributed by atoms with Gasteiger partial charge in [0.25, 0.3) is 0 Å². The van der Waals surface area contributed by atoms with Crippen molar-refractivity contribution in [3.8, 4) is 0 Å². The van der Waals surface area contributed by atoms with E-state index >= 15 is 0 Å². The third-order valence-corrected chi connectivity index (χ3v) is 6.80. The normalized spacial score (nSPS) is 17.2. The molecule has 0 heterocycles. The first kappa shape index (κ1) is 23.0. The fourth-order valence-corrected chi connectivity index (χ4v) is 4.91. The van der Waals surface area contributed by atoms with E-state index in [4.69, 9.17) is 11.5 Å². The van der Waals surface area contributed by atoms with E-state index in [0.717, 1.165) is 26.1 Å². The third kappa shape index (κ3) is 6.16. The smallest absolute Gasteiger partial charge is 0.0794 e. The fourth-order valence-electron chi connectivity index (χ4n) is 4.91. The van der Waals surface area contributed by atoms with Crippen LogP contribution in [0.1, 0.15) is 74.5 Å². The van der Waals surface area contributed by atoms with Gasteiger partial charge in [0.05, 0.1) is 5.54 Å². The van der Waals surface area contributed by atoms with Crippen LogP contribution in [0.25, 0.3) is 0 Å². The van der Waals surface area contributed by atoms with Crippen LogP contribution >= 0.6 is 0 Å². The second kappa shape index (κ2) is 11.6. The van der Waals surface area contributed by atoms with Crippen molar-refractivity contribution in [2.75, 3.05) is 19.6 Å². The maximum absolute atomic E-state index is 7.29. The highest BCUT2D eigenvalue weighted by molar-refractivity contribution is 5.39. The van der Waals surface area contributed by atoms with Crippen LogP contribution in [-0.2, 0) is 5.54 Å². The molecule has 3 heteroatoms. The van der Waals surface area contributed by atoms with Gasteiger partial charge in [-0.3, -0.25) is 4.90 Å². The van der Waals surface area contributed by atoms with Gasteiger partial charge < -0.3 is 11.5 Å². The van der Waals surface area contributed by atoms with Crippen LogP contribution in [0, 0.1) is 6.92 Å². The van der Waals surface area contributed by atoms with Gasteiger partial charge in [0.2, 0.25) is 0 Å². The average molecular weight is 408 g/mol. The molecule has 1 aliphatic rings. The largest absolute Gasteiger partial charge is 0.330 e. The fraction of sp³-hybridized carbons (Fsp3) is 0.556. The van der Waals surface area contributed by atoms with Crippen LogP contribution in [0.5, 0.6) is 0 Å². The van der Waals surface area contributed by atoms with Gasteiger partial charge in [0.1, 0.15) is 0 Å². The number of nitrogens with two attached hydrogens (primary N) is 2. The molecule has 0 aromatic heterocycles. The molecular weight excluding hydrogens is 366 g/mol. The molecular formula is C27H41N3. The van der Waals surface area contributed by atoms with E-state index in [1.807, 2.05) is 0 Å². The second-order valence-electron chi connectivity index (χ2n) is 9.17. The Bertz CT molecular complexity index is 722. The number of aryl methyl sites for hydroxylation is 1. The Kier molecular flexibility index (Phi) is 8.92. The summed E-state index contributed by atoms with van der Waals surface area (Å²) < 4.78 is 0. The van der Waals surface area contributed by atoms with E-state index < -0.39 is 5.54 Å². The van der Waals surface area contributed by atoms with Gasteiger partial charge in [0, 0.05) is 12.6 Å². The highest BCUT2D eigenvalue weighted by atomic mass is 15.2. The van der Waals surface area contributed by atoms with Crippen molar-refractivity contribution in [2.45, 2.75) is 76.3 Å². The van der Waals surface area contributed by atoms with E-state index in [9.17, 15) is 0 Å². The summed E-state index contributed by atoms with van der Waals surface area (Å²) in [4.78, 5) is 2.72. The molecule has 30 heavy (non-hydrogen) atoms. The number of nitrogens with zero attached hydrogens (tertiary/aromatic N) is 1. The van der Waals surface area contributed by atoms with Crippen LogP contribution in [0.4, 0.5) is 0 Å². The van der Waals surface area contributed by atoms with Crippen LogP contribution in [0.2, 0.25) is 0 Å². The Hall–Kier alpha value is -1.68. The summed E-state index contributed by atoms with van der Waals surface area (Å²) in [6, 6.07) is 20.2. The Morgan fingerprint density at radius 1 is 0.833 bits per heavy atom. The van der Waals surface area contributed by atoms with E-state index in [1.54, 1.807) is 0 Å². The molecule has 0 bridgehead atoms. The number of rotatable bonds is 11. The minimum absolute atomic E-state index is 0.496. The van der Waals surface area contributed by atoms with Crippen molar-refractivity contribution in [1.82, 2.24) is 4.90 Å². The first-order valence-electron chi connectivity index (χ1n) is 12.0. The first-order chi connectivity index (χ1) is 14.6. The van der Waals surface area contributed by atoms with Crippen LogP contribution in [0.3, 0.4) is 0 Å². The van der Waals surface area contributed by atoms with Gasteiger partial charge in [-0.05, 0) is 56.8 Å². The maximum Gasteiger partial charge on any atom is 0.0794 e. The minimum Gasteiger partial charge on any atom is -0.330 e. The Labute approximate surface area is 183 Å². The zero-order valence-corrected chi connectivity index (χ0v) is 18.9. The van der Waals surface area contributed by atoms with Gasteiger partial charge in [-0.25, -0.2) is 0 Å². The highest BCUT2D eigenvalue weighted by Crippen LogP contribution is 2.32. The summed E-state index contributed by atoms with van der Waals surface area (Å²) in [6.45, 7) is 4.95. The molecule has 1 atom stereocenters. The molecule has 0 aliphatic heterocycles. The summed E-state index contributed by atoms with van der Waals surface area (Å²) in [7, 11) is 0. The third-order valence-electron chi connectivity index (χ3n) is 6.80. The number of benzene rings is 2. The van der Waals surface area contributed by atoms with Crippen molar-refractivity contribution in [1.29, 1.82) is 0 Å². The zero-order valence-electron chi connectivity index (χ0n) is 18.9. The molecule has 2 aromatic carbocycles. The molecule has 2 aromatic rings. The molecule has 164 valence electrons. The van der Waals surface area contributed by atoms with E-state index in [2.05, 4.69) is 66.4 Å². The van der Waals surface area contributed by atoms with Gasteiger partial charge in [-0.1, -0.05) is 92.3 Å². The lowest BCUT2D eigenvalue weighted by atomic mass is 9.81. The SMILES string of the molecule is Cc1ccc(C(N)(CN(CCCCCCN)C2CCCCC2)c2ccccc2)cc1. The molecule has 0 amide bonds. The summed E-state index contributed by atoms with van der Waals surface area (Å²) in [5.41, 5.74) is 16.2. The van der Waals surface area contributed by atoms with Gasteiger partial charge >= 0.3 is 0 Å². The molecule has 3 nitrogen and oxygen atoms in total. The average Bonchev–Trinajstić information content (AvgIpc) is 2.79. The molecule has 1 fully saturated rings. The second-order valence-corrected chi connectivity index (χ2v) is 9.17. The van der Waals surface area contributed by atoms with Crippen LogP contribution in [0.15, 0.2) is 54.6 Å². The summed E-state index contributed by atoms with van der Waals surface area (Å²) in [5, 5.41) is 0. The standard InChI is InChI=1S/C27H41N3/c1-23-16-18-25(19-17-23)27(29,24-12-6-4-7-13-24)22-30(21-11-3-2-10-20-28)26-14-8-5-9-15-26/h4,6-7,12-13,16-19,26H,2-3,5,8-11,14-15,20-22,28-29H2,1H3. The molecule has 0 spiro atoms. The zero-order chi connectivity index (χ0) is 21.2. The Morgan fingerprint density at radius 2 is 1.47 bits per heavy atom. The Balaban J connectivity index is 1.84. The van der Waals surface area contributed by atoms with Crippen molar-refractivity contribution >= 4 is 0 Å². The predicted molar refractivity (Wildman–Crippen MR) is 129 cm³/mol. The number of hydrogen-bond acceptors (Lipinski definition) is 3. The predicted octanol–water partition coefficient (Wildman–Crippen LogP) is 5.35. The Morgan fingerprint density at radius 3 is 2.13 bits per heavy atom. The molecule has 1 aliphatic carbocycles. The van der Waals surface area contributed by atoms with E-state index in [0.29, 0.717) is 6.04 Å². The van der Waals surface area contributed by atoms with Crippen molar-refractivity contribution in [3.05, 3.63) is 71.3 Å². The van der Waals surface area contributed by atoms with Crippen LogP contribution < -0.4 is 11.5 Å². The summed E-state index contributed by atoms with van der Waals surface area (Å²) in [6.07, 6.45) is 11.6. The molecule has 3 rings (SSSR count). The lowest BCUT2D eigenvalue weighted by Crippen LogP contribution is -2.52. The van der Waals surface area contributed by atoms with Crippen molar-refractivity contribution in [2.24, 2.45) is 11.5 Å². The number of hydrogen-bond donors (Lipinski definition) is 2. The first-order valence-corrected chi connectivity index (χ1v) is 12.0. The lowest BCUT2D eigenvalue weighted by Gasteiger charge is -2.41. The molecule has 1 unspecified atom stereocenters. The minimum atomic E-state index is -0.496. The van der Waals surface area contributed by atoms with E-state index in [-0.39, 0.29) is 0 Å². The number of unbranched alkanes of at least 4 members (excludes halogenated alkanes) is 3. The van der Waals surface area contributed by atoms with E-state index in [1.165, 1.54) is 68.1 Å². The summed E-state index contributed by atoms with van der Waals surface area (Å²) >= 11 is 0. The van der Waals surface area contributed by atoms with Crippen LogP contribution in [-0.4, -0.2) is 30.6 Å². The van der Waals surface area contributed by atoms with Crippen molar-refractivity contribution in [3.63, 3.8) is 0 Å². The topological polar surface area (TPSA) is 55.3 Å². The van der Waals surface area contributed by atoms with Crippen molar-refractivity contribution < 1.29 is 0 Å². The molecule has 4 N–H and O–H groups in total. The highest BCUT2D eigenvalue weighted by Gasteiger charge is 2.34.